The molecule has 5 nitrogen and oxygen atoms in total. The predicted octanol–water partition coefficient (Wildman–Crippen LogP) is 4.33. The summed E-state index contributed by atoms with van der Waals surface area (Å²) in [4.78, 5) is 7.16. The Balaban J connectivity index is 1.51. The second-order valence-corrected chi connectivity index (χ2v) is 9.91. The molecular weight excluding hydrogens is 378 g/mol. The van der Waals surface area contributed by atoms with Gasteiger partial charge in [-0.25, -0.2) is 13.4 Å². The first kappa shape index (κ1) is 18.4. The summed E-state index contributed by atoms with van der Waals surface area (Å²) in [6, 6.07) is 14.6. The van der Waals surface area contributed by atoms with Gasteiger partial charge in [0.25, 0.3) is 10.0 Å². The van der Waals surface area contributed by atoms with Crippen LogP contribution in [0.3, 0.4) is 0 Å². The van der Waals surface area contributed by atoms with Crippen LogP contribution in [0.5, 0.6) is 0 Å². The number of sulfonamides is 1. The van der Waals surface area contributed by atoms with E-state index in [4.69, 9.17) is 0 Å². The third-order valence-corrected chi connectivity index (χ3v) is 7.43. The van der Waals surface area contributed by atoms with Gasteiger partial charge in [0, 0.05) is 6.54 Å². The Kier molecular flexibility index (Phi) is 5.16. The number of nitrogens with zero attached hydrogens (tertiary/aromatic N) is 2. The van der Waals surface area contributed by atoms with Crippen LogP contribution >= 0.6 is 11.3 Å². The average molecular weight is 402 g/mol. The van der Waals surface area contributed by atoms with Crippen LogP contribution in [-0.4, -0.2) is 31.4 Å². The van der Waals surface area contributed by atoms with Gasteiger partial charge in [-0.2, -0.15) is 0 Å². The van der Waals surface area contributed by atoms with Gasteiger partial charge in [0.15, 0.2) is 5.13 Å². The zero-order chi connectivity index (χ0) is 18.9. The van der Waals surface area contributed by atoms with E-state index in [1.807, 2.05) is 6.07 Å². The van der Waals surface area contributed by atoms with Gasteiger partial charge < -0.3 is 0 Å². The molecule has 0 amide bonds. The van der Waals surface area contributed by atoms with E-state index >= 15 is 0 Å². The number of aromatic nitrogens is 1. The third kappa shape index (κ3) is 4.31. The monoisotopic (exact) mass is 401 g/mol. The van der Waals surface area contributed by atoms with Crippen LogP contribution in [0.4, 0.5) is 5.13 Å². The van der Waals surface area contributed by atoms with E-state index < -0.39 is 10.0 Å². The number of thiazole rings is 1. The van der Waals surface area contributed by atoms with Gasteiger partial charge in [0.2, 0.25) is 0 Å². The summed E-state index contributed by atoms with van der Waals surface area (Å²) in [5.74, 6) is 0.824. The standard InChI is InChI=1S/C20H23N3O2S2/c1-15-9-11-23(12-10-15)14-16-7-8-18-19(13-16)26-20(21-18)22-27(24,25)17-5-3-2-4-6-17/h2-8,13,15H,9-12,14H2,1H3,(H,21,22). The van der Waals surface area contributed by atoms with Crippen LogP contribution < -0.4 is 4.72 Å². The summed E-state index contributed by atoms with van der Waals surface area (Å²) in [5, 5.41) is 0.401. The fourth-order valence-electron chi connectivity index (χ4n) is 3.36. The van der Waals surface area contributed by atoms with Crippen LogP contribution in [0.25, 0.3) is 10.2 Å². The number of anilines is 1. The molecule has 0 bridgehead atoms. The Morgan fingerprint density at radius 1 is 1.15 bits per heavy atom. The van der Waals surface area contributed by atoms with Crippen LogP contribution in [0.2, 0.25) is 0 Å². The highest BCUT2D eigenvalue weighted by Gasteiger charge is 2.18. The minimum Gasteiger partial charge on any atom is -0.299 e. The average Bonchev–Trinajstić information content (AvgIpc) is 3.05. The SMILES string of the molecule is CC1CCN(Cc2ccc3nc(NS(=O)(=O)c4ccccc4)sc3c2)CC1. The highest BCUT2D eigenvalue weighted by Crippen LogP contribution is 2.29. The number of hydrogen-bond donors (Lipinski definition) is 1. The molecule has 27 heavy (non-hydrogen) atoms. The van der Waals surface area contributed by atoms with E-state index in [0.717, 1.165) is 35.8 Å². The molecule has 4 rings (SSSR count). The largest absolute Gasteiger partial charge is 0.299 e. The van der Waals surface area contributed by atoms with Crippen molar-refractivity contribution in [3.05, 3.63) is 54.1 Å². The highest BCUT2D eigenvalue weighted by molar-refractivity contribution is 7.93. The molecule has 1 fully saturated rings. The van der Waals surface area contributed by atoms with Crippen LogP contribution in [0.15, 0.2) is 53.4 Å². The topological polar surface area (TPSA) is 62.3 Å². The molecule has 7 heteroatoms. The first-order valence-corrected chi connectivity index (χ1v) is 11.5. The molecule has 0 unspecified atom stereocenters. The number of benzene rings is 2. The summed E-state index contributed by atoms with van der Waals surface area (Å²) in [6.45, 7) is 5.54. The van der Waals surface area contributed by atoms with Crippen molar-refractivity contribution in [3.8, 4) is 0 Å². The van der Waals surface area contributed by atoms with Crippen molar-refractivity contribution in [2.24, 2.45) is 5.92 Å². The molecule has 2 aromatic carbocycles. The fourth-order valence-corrected chi connectivity index (χ4v) is 5.55. The molecule has 3 aromatic rings. The summed E-state index contributed by atoms with van der Waals surface area (Å²) in [7, 11) is -3.61. The van der Waals surface area contributed by atoms with Crippen molar-refractivity contribution in [1.29, 1.82) is 0 Å². The van der Waals surface area contributed by atoms with E-state index in [2.05, 4.69) is 33.7 Å². The van der Waals surface area contributed by atoms with Crippen molar-refractivity contribution in [2.75, 3.05) is 17.8 Å². The van der Waals surface area contributed by atoms with E-state index in [9.17, 15) is 8.42 Å². The van der Waals surface area contributed by atoms with Gasteiger partial charge in [-0.3, -0.25) is 9.62 Å². The van der Waals surface area contributed by atoms with Gasteiger partial charge in [-0.15, -0.1) is 0 Å². The van der Waals surface area contributed by atoms with Crippen molar-refractivity contribution in [3.63, 3.8) is 0 Å². The van der Waals surface area contributed by atoms with Gasteiger partial charge in [0.1, 0.15) is 0 Å². The Bertz CT molecular complexity index is 1020. The zero-order valence-electron chi connectivity index (χ0n) is 15.3. The molecule has 0 atom stereocenters. The molecule has 0 spiro atoms. The molecule has 142 valence electrons. The van der Waals surface area contributed by atoms with Crippen LogP contribution in [0.1, 0.15) is 25.3 Å². The lowest BCUT2D eigenvalue weighted by Gasteiger charge is -2.30. The lowest BCUT2D eigenvalue weighted by Crippen LogP contribution is -2.32. The second kappa shape index (κ2) is 7.58. The maximum Gasteiger partial charge on any atom is 0.263 e. The Hall–Kier alpha value is -1.96. The molecule has 1 aliphatic heterocycles. The number of fused-ring (bicyclic) bond motifs is 1. The van der Waals surface area contributed by atoms with E-state index in [1.54, 1.807) is 30.3 Å². The molecule has 1 aliphatic rings. The highest BCUT2D eigenvalue weighted by atomic mass is 32.2. The Morgan fingerprint density at radius 2 is 1.89 bits per heavy atom. The van der Waals surface area contributed by atoms with Crippen molar-refractivity contribution in [2.45, 2.75) is 31.2 Å². The van der Waals surface area contributed by atoms with E-state index in [0.29, 0.717) is 5.13 Å². The summed E-state index contributed by atoms with van der Waals surface area (Å²) >= 11 is 1.38. The normalized spacial score (nSPS) is 16.6. The van der Waals surface area contributed by atoms with Gasteiger partial charge >= 0.3 is 0 Å². The second-order valence-electron chi connectivity index (χ2n) is 7.20. The number of piperidine rings is 1. The summed E-state index contributed by atoms with van der Waals surface area (Å²) < 4.78 is 28.6. The minimum absolute atomic E-state index is 0.240. The molecule has 2 heterocycles. The smallest absolute Gasteiger partial charge is 0.263 e. The molecule has 0 radical (unpaired) electrons. The number of hydrogen-bond acceptors (Lipinski definition) is 5. The van der Waals surface area contributed by atoms with Gasteiger partial charge in [0.05, 0.1) is 15.1 Å². The quantitative estimate of drug-likeness (QED) is 0.691. The third-order valence-electron chi connectivity index (χ3n) is 5.01. The maximum atomic E-state index is 12.5. The fraction of sp³-hybridized carbons (Fsp3) is 0.350. The number of likely N-dealkylation sites (tertiary alicyclic amines) is 1. The van der Waals surface area contributed by atoms with Crippen LogP contribution in [-0.2, 0) is 16.6 Å². The molecule has 1 N–H and O–H groups in total. The molecule has 0 saturated carbocycles. The Morgan fingerprint density at radius 3 is 2.63 bits per heavy atom. The molecule has 1 aromatic heterocycles. The van der Waals surface area contributed by atoms with Gasteiger partial charge in [-0.05, 0) is 61.7 Å². The predicted molar refractivity (Wildman–Crippen MR) is 111 cm³/mol. The number of rotatable bonds is 5. The van der Waals surface area contributed by atoms with E-state index in [-0.39, 0.29) is 4.90 Å². The summed E-state index contributed by atoms with van der Waals surface area (Å²) in [6.07, 6.45) is 2.52. The minimum atomic E-state index is -3.61. The van der Waals surface area contributed by atoms with Crippen molar-refractivity contribution < 1.29 is 8.42 Å². The lowest BCUT2D eigenvalue weighted by atomic mass is 9.99. The van der Waals surface area contributed by atoms with E-state index in [1.165, 1.54) is 29.7 Å². The lowest BCUT2D eigenvalue weighted by molar-refractivity contribution is 0.185. The van der Waals surface area contributed by atoms with Gasteiger partial charge in [-0.1, -0.05) is 42.5 Å². The van der Waals surface area contributed by atoms with Crippen molar-refractivity contribution >= 4 is 36.7 Å². The van der Waals surface area contributed by atoms with Crippen molar-refractivity contribution in [1.82, 2.24) is 9.88 Å². The summed E-state index contributed by atoms with van der Waals surface area (Å²) in [5.41, 5.74) is 2.07. The molecule has 1 saturated heterocycles. The zero-order valence-corrected chi connectivity index (χ0v) is 16.9. The maximum absolute atomic E-state index is 12.5. The molecule has 0 aliphatic carbocycles. The van der Waals surface area contributed by atoms with Crippen LogP contribution in [0, 0.1) is 5.92 Å². The molecular formula is C20H23N3O2S2. The Labute approximate surface area is 164 Å². The first-order valence-electron chi connectivity index (χ1n) is 9.19. The first-order chi connectivity index (χ1) is 13.0. The number of nitrogens with one attached hydrogen (secondary N) is 1.